The summed E-state index contributed by atoms with van der Waals surface area (Å²) >= 11 is 0. The molecule has 254 valence electrons. The Bertz CT molecular complexity index is 893. The molecule has 10 heteroatoms. The molecular weight excluding hydrogens is 731 g/mol. The van der Waals surface area contributed by atoms with Gasteiger partial charge in [0.05, 0.1) is 25.0 Å². The van der Waals surface area contributed by atoms with Crippen molar-refractivity contribution in [3.63, 3.8) is 0 Å². The molecule has 0 spiro atoms. The summed E-state index contributed by atoms with van der Waals surface area (Å²) in [5.74, 6) is 1.74. The van der Waals surface area contributed by atoms with E-state index in [9.17, 15) is 19.2 Å². The van der Waals surface area contributed by atoms with Crippen molar-refractivity contribution < 1.29 is 155 Å². The molecule has 0 aromatic heterocycles. The Labute approximate surface area is 378 Å². The molecule has 0 amide bonds. The Hall–Kier alpha value is 0.970. The fourth-order valence-electron chi connectivity index (χ4n) is 5.93. The van der Waals surface area contributed by atoms with E-state index < -0.39 is 0 Å². The molecule has 2 aliphatic heterocycles. The van der Waals surface area contributed by atoms with E-state index in [-0.39, 0.29) is 165 Å². The summed E-state index contributed by atoms with van der Waals surface area (Å²) in [6.45, 7) is 16.7. The first-order valence-electron chi connectivity index (χ1n) is 17.2. The molecule has 8 nitrogen and oxygen atoms in total. The molecule has 0 aromatic rings. The number of carbonyl (C=O) groups excluding carboxylic acids is 4. The molecule has 6 atom stereocenters. The largest absolute Gasteiger partial charge is 1.00 e. The van der Waals surface area contributed by atoms with Gasteiger partial charge in [0.15, 0.2) is 11.9 Å². The van der Waals surface area contributed by atoms with Crippen molar-refractivity contribution in [2.75, 3.05) is 26.4 Å². The van der Waals surface area contributed by atoms with Crippen molar-refractivity contribution in [1.29, 1.82) is 0 Å². The summed E-state index contributed by atoms with van der Waals surface area (Å²) in [7, 11) is 0. The number of hydrogen-bond donors (Lipinski definition) is 0. The molecule has 0 aromatic carbocycles. The van der Waals surface area contributed by atoms with Crippen molar-refractivity contribution in [3.8, 4) is 0 Å². The average Bonchev–Trinajstić information content (AvgIpc) is 3.34. The van der Waals surface area contributed by atoms with Gasteiger partial charge in [0, 0.05) is 0 Å². The van der Waals surface area contributed by atoms with E-state index in [0.717, 1.165) is 32.1 Å². The number of fused-ring (bicyclic) bond motifs is 2. The molecule has 0 bridgehead atoms. The minimum Gasteiger partial charge on any atom is -0.487 e. The van der Waals surface area contributed by atoms with Gasteiger partial charge in [-0.3, -0.25) is 31.0 Å². The van der Waals surface area contributed by atoms with E-state index in [2.05, 4.69) is 12.2 Å². The van der Waals surface area contributed by atoms with Crippen LogP contribution in [0.3, 0.4) is 0 Å². The topological polar surface area (TPSA) is 105 Å². The molecule has 0 radical (unpaired) electrons. The SMILES string of the molecule is CC.CC.CC[C-](C)C(=O)OCC1CC2CC=CCC2COC1=O.CC[C-](C)C(=O)OCC1CC2CCCCC2COC1=O.[Rb+].[Rb+]. The summed E-state index contributed by atoms with van der Waals surface area (Å²) in [6, 6.07) is 0. The smallest absolute Gasteiger partial charge is 0.487 e. The van der Waals surface area contributed by atoms with Crippen LogP contribution in [0.5, 0.6) is 0 Å². The van der Waals surface area contributed by atoms with Crippen molar-refractivity contribution >= 4 is 23.9 Å². The third-order valence-corrected chi connectivity index (χ3v) is 9.09. The van der Waals surface area contributed by atoms with Gasteiger partial charge in [-0.1, -0.05) is 73.0 Å². The average molecular weight is 792 g/mol. The van der Waals surface area contributed by atoms with Gasteiger partial charge in [-0.15, -0.1) is 0 Å². The number of hydrogen-bond acceptors (Lipinski definition) is 8. The van der Waals surface area contributed by atoms with E-state index in [1.807, 2.05) is 41.5 Å². The number of rotatable bonds is 8. The second-order valence-electron chi connectivity index (χ2n) is 11.9. The molecule has 1 saturated carbocycles. The summed E-state index contributed by atoms with van der Waals surface area (Å²) in [5.41, 5.74) is 0. The standard InChI is InChI=1S/C16H25O4.C16H23O4.2C2H6.2Rb/c2*1-3-11(2)15(17)19-10-14-8-12-6-4-5-7-13(12)9-20-16(14)18;2*1-2;;/h12-14H,3-10H2,1-2H3;4-5,12-14H,3,6-10H2,1-2H3;2*1-2H3;;/q2*-1;;;2*+1. The maximum absolute atomic E-state index is 12.0. The van der Waals surface area contributed by atoms with Crippen molar-refractivity contribution in [2.24, 2.45) is 35.5 Å². The van der Waals surface area contributed by atoms with Gasteiger partial charge in [-0.05, 0) is 55.8 Å². The summed E-state index contributed by atoms with van der Waals surface area (Å²) < 4.78 is 21.2. The van der Waals surface area contributed by atoms with E-state index in [4.69, 9.17) is 18.9 Å². The molecule has 2 saturated heterocycles. The number of cyclic esters (lactones) is 2. The predicted octanol–water partition coefficient (Wildman–Crippen LogP) is 1.64. The Balaban J connectivity index is 0. The first-order chi connectivity index (χ1) is 21.2. The van der Waals surface area contributed by atoms with E-state index in [1.54, 1.807) is 13.8 Å². The van der Waals surface area contributed by atoms with Crippen LogP contribution in [0.2, 0.25) is 0 Å². The molecular formula is C36H60O8Rb2. The first kappa shape index (κ1) is 49.1. The molecule has 6 unspecified atom stereocenters. The molecule has 3 fully saturated rings. The first-order valence-corrected chi connectivity index (χ1v) is 17.2. The van der Waals surface area contributed by atoms with Crippen LogP contribution in [0.4, 0.5) is 0 Å². The monoisotopic (exact) mass is 790 g/mol. The van der Waals surface area contributed by atoms with Gasteiger partial charge >= 0.3 is 128 Å². The minimum absolute atomic E-state index is 0. The summed E-state index contributed by atoms with van der Waals surface area (Å²) in [4.78, 5) is 47.3. The number of carbonyl (C=O) groups is 4. The van der Waals surface area contributed by atoms with Crippen LogP contribution in [0.25, 0.3) is 0 Å². The molecule has 4 aliphatic rings. The summed E-state index contributed by atoms with van der Waals surface area (Å²) in [6.07, 6.45) is 14.0. The fourth-order valence-corrected chi connectivity index (χ4v) is 5.93. The van der Waals surface area contributed by atoms with Crippen molar-refractivity contribution in [2.45, 2.75) is 120 Å². The van der Waals surface area contributed by atoms with Crippen molar-refractivity contribution in [3.05, 3.63) is 24.0 Å². The van der Waals surface area contributed by atoms with Crippen LogP contribution >= 0.6 is 0 Å². The molecule has 2 heterocycles. The molecule has 0 N–H and O–H groups in total. The van der Waals surface area contributed by atoms with Gasteiger partial charge in [0.25, 0.3) is 0 Å². The second-order valence-corrected chi connectivity index (χ2v) is 11.9. The maximum atomic E-state index is 12.0. The Morgan fingerprint density at radius 1 is 0.696 bits per heavy atom. The number of esters is 4. The quantitative estimate of drug-likeness (QED) is 0.158. The Morgan fingerprint density at radius 2 is 1.09 bits per heavy atom. The molecule has 4 rings (SSSR count). The van der Waals surface area contributed by atoms with Crippen LogP contribution in [0.1, 0.15) is 120 Å². The van der Waals surface area contributed by atoms with Crippen LogP contribution in [0, 0.1) is 47.3 Å². The predicted molar refractivity (Wildman–Crippen MR) is 172 cm³/mol. The summed E-state index contributed by atoms with van der Waals surface area (Å²) in [5, 5.41) is 0. The zero-order chi connectivity index (χ0) is 33.1. The third-order valence-electron chi connectivity index (χ3n) is 9.09. The van der Waals surface area contributed by atoms with Crippen LogP contribution < -0.4 is 116 Å². The van der Waals surface area contributed by atoms with Gasteiger partial charge < -0.3 is 18.9 Å². The van der Waals surface area contributed by atoms with Gasteiger partial charge in [0.1, 0.15) is 13.2 Å². The van der Waals surface area contributed by atoms with Gasteiger partial charge in [0.2, 0.25) is 0 Å². The van der Waals surface area contributed by atoms with E-state index in [1.165, 1.54) is 19.3 Å². The normalized spacial score (nSPS) is 25.9. The number of ether oxygens (including phenoxy) is 4. The molecule has 2 aliphatic carbocycles. The van der Waals surface area contributed by atoms with Crippen molar-refractivity contribution in [1.82, 2.24) is 0 Å². The molecule has 46 heavy (non-hydrogen) atoms. The van der Waals surface area contributed by atoms with Crippen LogP contribution in [-0.2, 0) is 38.1 Å². The van der Waals surface area contributed by atoms with Gasteiger partial charge in [-0.25, -0.2) is 0 Å². The fraction of sp³-hybridized carbons (Fsp3) is 0.778. The van der Waals surface area contributed by atoms with E-state index >= 15 is 0 Å². The zero-order valence-corrected chi connectivity index (χ0v) is 40.6. The Kier molecular flexibility index (Phi) is 30.6. The number of allylic oxidation sites excluding steroid dienone is 2. The third kappa shape index (κ3) is 17.3. The van der Waals surface area contributed by atoms with E-state index in [0.29, 0.717) is 61.6 Å². The zero-order valence-electron chi connectivity index (χ0n) is 30.8. The van der Waals surface area contributed by atoms with Gasteiger partial charge in [-0.2, -0.15) is 26.7 Å². The van der Waals surface area contributed by atoms with Crippen LogP contribution in [0.15, 0.2) is 12.2 Å². The maximum Gasteiger partial charge on any atom is 1.00 e. The van der Waals surface area contributed by atoms with Crippen LogP contribution in [-0.4, -0.2) is 50.3 Å². The minimum atomic E-state index is -0.315. The Morgan fingerprint density at radius 3 is 1.54 bits per heavy atom. The second kappa shape index (κ2) is 28.6.